The molecule has 14 aromatic rings. The van der Waals surface area contributed by atoms with Crippen molar-refractivity contribution >= 4 is 78.8 Å². The minimum atomic E-state index is -0.134. The Morgan fingerprint density at radius 3 is 0.901 bits per heavy atom. The summed E-state index contributed by atoms with van der Waals surface area (Å²) in [6.45, 7) is 13.6. The smallest absolute Gasteiger partial charge is 0.252 e. The molecule has 0 spiro atoms. The first-order valence-electron chi connectivity index (χ1n) is 31.8. The lowest BCUT2D eigenvalue weighted by Crippen LogP contribution is -2.61. The summed E-state index contributed by atoms with van der Waals surface area (Å²) in [5, 5.41) is 4.80. The topological polar surface area (TPSA) is 32.3 Å². The number of nitrogens with zero attached hydrogens (tertiary/aromatic N) is 4. The molecule has 0 radical (unpaired) electrons. The van der Waals surface area contributed by atoms with Crippen LogP contribution in [-0.4, -0.2) is 16.7 Å². The first-order chi connectivity index (χ1) is 44.3. The van der Waals surface area contributed by atoms with Gasteiger partial charge in [0, 0.05) is 50.8 Å². The lowest BCUT2D eigenvalue weighted by molar-refractivity contribution is 0.590. The van der Waals surface area contributed by atoms with Crippen molar-refractivity contribution in [2.24, 2.45) is 0 Å². The summed E-state index contributed by atoms with van der Waals surface area (Å²) < 4.78 is 0. The highest BCUT2D eigenvalue weighted by atomic mass is 15.2. The fourth-order valence-corrected chi connectivity index (χ4v) is 13.9. The van der Waals surface area contributed by atoms with E-state index in [2.05, 4.69) is 349 Å². The van der Waals surface area contributed by atoms with Gasteiger partial charge in [0.25, 0.3) is 6.71 Å². The maximum Gasteiger partial charge on any atom is 0.252 e. The minimum absolute atomic E-state index is 0.0424. The van der Waals surface area contributed by atoms with E-state index in [4.69, 9.17) is 9.97 Å². The number of benzene rings is 13. The molecule has 91 heavy (non-hydrogen) atoms. The summed E-state index contributed by atoms with van der Waals surface area (Å²) in [6.07, 6.45) is 0. The molecule has 3 heterocycles. The molecule has 4 nitrogen and oxygen atoms in total. The van der Waals surface area contributed by atoms with Gasteiger partial charge in [-0.05, 0) is 195 Å². The fourth-order valence-electron chi connectivity index (χ4n) is 13.9. The number of aromatic nitrogens is 2. The third-order valence-corrected chi connectivity index (χ3v) is 18.7. The van der Waals surface area contributed by atoms with Crippen LogP contribution < -0.4 is 26.2 Å². The van der Waals surface area contributed by atoms with Crippen molar-refractivity contribution in [3.8, 4) is 78.4 Å². The van der Waals surface area contributed by atoms with Gasteiger partial charge in [0.05, 0.1) is 11.4 Å². The molecule has 0 N–H and O–H groups in total. The van der Waals surface area contributed by atoms with Gasteiger partial charge in [-0.25, -0.2) is 9.97 Å². The summed E-state index contributed by atoms with van der Waals surface area (Å²) in [5.41, 5.74) is 26.4. The highest BCUT2D eigenvalue weighted by Gasteiger charge is 2.44. The second-order valence-corrected chi connectivity index (χ2v) is 26.7. The van der Waals surface area contributed by atoms with Crippen LogP contribution in [0.4, 0.5) is 34.1 Å². The molecule has 0 aliphatic carbocycles. The molecule has 0 atom stereocenters. The van der Waals surface area contributed by atoms with Crippen molar-refractivity contribution in [2.75, 3.05) is 9.80 Å². The molecule has 16 rings (SSSR count). The molecule has 2 aliphatic rings. The second kappa shape index (κ2) is 22.0. The summed E-state index contributed by atoms with van der Waals surface area (Å²) in [6, 6.07) is 110. The van der Waals surface area contributed by atoms with Gasteiger partial charge in [-0.3, -0.25) is 0 Å². The molecular weight excluding hydrogens is 1100 g/mol. The average molecular weight is 1170 g/mol. The monoisotopic (exact) mass is 1170 g/mol. The maximum absolute atomic E-state index is 5.89. The van der Waals surface area contributed by atoms with E-state index in [9.17, 15) is 0 Å². The SMILES string of the molecule is CC(C)(C)c1ccc(N2c3cc4ccccc4cc3B3c4cc5ccccc5cc4N(c4ccc(C(C)(C)C)cc4)c4cc(-c5nc(-c6cc(-c7ccccc7)cc(-c7ccccc7)c6)cc(-c6cc(-c7ccccc7)cc(-c7ccccc7)c6)n5)cc2c43)cc1. The van der Waals surface area contributed by atoms with Gasteiger partial charge >= 0.3 is 0 Å². The molecule has 434 valence electrons. The van der Waals surface area contributed by atoms with Gasteiger partial charge < -0.3 is 9.80 Å². The second-order valence-electron chi connectivity index (χ2n) is 26.7. The third-order valence-electron chi connectivity index (χ3n) is 18.7. The quantitative estimate of drug-likeness (QED) is 0.135. The normalized spacial score (nSPS) is 12.7. The Morgan fingerprint density at radius 2 is 0.571 bits per heavy atom. The zero-order chi connectivity index (χ0) is 61.5. The van der Waals surface area contributed by atoms with Crippen LogP contribution >= 0.6 is 0 Å². The van der Waals surface area contributed by atoms with E-state index in [0.717, 1.165) is 107 Å². The van der Waals surface area contributed by atoms with Crippen molar-refractivity contribution in [1.29, 1.82) is 0 Å². The minimum Gasteiger partial charge on any atom is -0.311 e. The Morgan fingerprint density at radius 1 is 0.264 bits per heavy atom. The largest absolute Gasteiger partial charge is 0.311 e. The summed E-state index contributed by atoms with van der Waals surface area (Å²) >= 11 is 0. The Kier molecular flexibility index (Phi) is 13.4. The average Bonchev–Trinajstić information content (AvgIpc) is 0.696. The predicted octanol–water partition coefficient (Wildman–Crippen LogP) is 21.1. The van der Waals surface area contributed by atoms with Gasteiger partial charge in [-0.2, -0.15) is 0 Å². The third kappa shape index (κ3) is 10.2. The number of hydrogen-bond donors (Lipinski definition) is 0. The molecule has 0 fully saturated rings. The van der Waals surface area contributed by atoms with E-state index < -0.39 is 0 Å². The van der Waals surface area contributed by atoms with Crippen molar-refractivity contribution in [1.82, 2.24) is 9.97 Å². The van der Waals surface area contributed by atoms with Crippen LogP contribution in [0.15, 0.2) is 297 Å². The van der Waals surface area contributed by atoms with E-state index in [0.29, 0.717) is 5.82 Å². The van der Waals surface area contributed by atoms with Gasteiger partial charge in [0.15, 0.2) is 5.82 Å². The Bertz CT molecular complexity index is 4680. The highest BCUT2D eigenvalue weighted by Crippen LogP contribution is 2.48. The fraction of sp³-hybridized carbons (Fsp3) is 0.0930. The Balaban J connectivity index is 1.02. The zero-order valence-corrected chi connectivity index (χ0v) is 52.2. The number of hydrogen-bond acceptors (Lipinski definition) is 4. The molecule has 1 aromatic heterocycles. The van der Waals surface area contributed by atoms with Crippen molar-refractivity contribution in [3.05, 3.63) is 308 Å². The van der Waals surface area contributed by atoms with E-state index in [1.807, 2.05) is 0 Å². The van der Waals surface area contributed by atoms with Crippen LogP contribution in [0.5, 0.6) is 0 Å². The summed E-state index contributed by atoms with van der Waals surface area (Å²) in [7, 11) is 0. The van der Waals surface area contributed by atoms with Crippen LogP contribution in [0.25, 0.3) is 100.0 Å². The van der Waals surface area contributed by atoms with Gasteiger partial charge in [0.2, 0.25) is 0 Å². The van der Waals surface area contributed by atoms with Crippen LogP contribution in [-0.2, 0) is 10.8 Å². The molecule has 2 aliphatic heterocycles. The summed E-state index contributed by atoms with van der Waals surface area (Å²) in [5.74, 6) is 0.625. The molecule has 0 saturated heterocycles. The first kappa shape index (κ1) is 55.4. The lowest BCUT2D eigenvalue weighted by atomic mass is 9.33. The van der Waals surface area contributed by atoms with Crippen molar-refractivity contribution in [2.45, 2.75) is 52.4 Å². The molecule has 13 aromatic carbocycles. The molecular formula is C86H67BN4. The Labute approximate surface area is 534 Å². The standard InChI is InChI=1S/C86H67BN4/c1-85(2,3)71-35-39-73(40-36-71)90-79-51-62-33-21-19-31-60(62)49-75(79)87-76-50-61-32-20-22-34-63(61)52-80(76)91(74-41-37-72(38-42-74)86(4,5)6)82-54-70(53-81(90)83(82)87)84-88-77(68-45-64(56-23-11-7-12-24-56)43-65(46-68)57-25-13-8-14-26-57)55-78(89-84)69-47-66(58-27-15-9-16-28-58)44-67(48-69)59-29-17-10-18-30-59/h7-55H,1-6H3. The van der Waals surface area contributed by atoms with Crippen molar-refractivity contribution in [3.63, 3.8) is 0 Å². The van der Waals surface area contributed by atoms with Crippen LogP contribution in [0.2, 0.25) is 0 Å². The number of anilines is 6. The maximum atomic E-state index is 5.89. The van der Waals surface area contributed by atoms with E-state index in [1.54, 1.807) is 0 Å². The Hall–Kier alpha value is -10.9. The molecule has 0 saturated carbocycles. The van der Waals surface area contributed by atoms with Gasteiger partial charge in [0.1, 0.15) is 0 Å². The predicted molar refractivity (Wildman–Crippen MR) is 387 cm³/mol. The molecule has 5 heteroatoms. The van der Waals surface area contributed by atoms with Crippen LogP contribution in [0, 0.1) is 0 Å². The number of fused-ring (bicyclic) bond motifs is 6. The number of rotatable bonds is 9. The van der Waals surface area contributed by atoms with Crippen molar-refractivity contribution < 1.29 is 0 Å². The zero-order valence-electron chi connectivity index (χ0n) is 52.2. The first-order valence-corrected chi connectivity index (χ1v) is 31.8. The molecule has 0 bridgehead atoms. The van der Waals surface area contributed by atoms with Gasteiger partial charge in [-0.15, -0.1) is 0 Å². The molecule has 0 amide bonds. The lowest BCUT2D eigenvalue weighted by Gasteiger charge is -2.44. The van der Waals surface area contributed by atoms with Gasteiger partial charge in [-0.1, -0.05) is 248 Å². The van der Waals surface area contributed by atoms with E-state index in [1.165, 1.54) is 49.1 Å². The van der Waals surface area contributed by atoms with E-state index in [-0.39, 0.29) is 17.5 Å². The van der Waals surface area contributed by atoms with E-state index >= 15 is 0 Å². The molecule has 0 unspecified atom stereocenters. The highest BCUT2D eigenvalue weighted by molar-refractivity contribution is 7.00. The van der Waals surface area contributed by atoms with Crippen LogP contribution in [0.3, 0.4) is 0 Å². The van der Waals surface area contributed by atoms with Crippen LogP contribution in [0.1, 0.15) is 52.7 Å². The summed E-state index contributed by atoms with van der Waals surface area (Å²) in [4.78, 5) is 16.8.